The van der Waals surface area contributed by atoms with Crippen LogP contribution in [-0.2, 0) is 0 Å². The Kier molecular flexibility index (Phi) is 18.2. The summed E-state index contributed by atoms with van der Waals surface area (Å²) in [6.07, 6.45) is 5.30. The molecular formula is C19H46N4. The highest BCUT2D eigenvalue weighted by Crippen LogP contribution is 2.11. The Balaban J connectivity index is 0. The zero-order chi connectivity index (χ0) is 18.3. The first-order valence-corrected chi connectivity index (χ1v) is 9.73. The lowest BCUT2D eigenvalue weighted by atomic mass is 10.1. The third kappa shape index (κ3) is 12.9. The first-order chi connectivity index (χ1) is 11.0. The van der Waals surface area contributed by atoms with Gasteiger partial charge in [-0.15, -0.1) is 0 Å². The molecule has 0 saturated carbocycles. The van der Waals surface area contributed by atoms with Gasteiger partial charge in [0.2, 0.25) is 0 Å². The Bertz CT molecular complexity index is 217. The highest BCUT2D eigenvalue weighted by molar-refractivity contribution is 4.74. The van der Waals surface area contributed by atoms with Crippen molar-refractivity contribution in [3.63, 3.8) is 0 Å². The average molecular weight is 331 g/mol. The summed E-state index contributed by atoms with van der Waals surface area (Å²) >= 11 is 0. The summed E-state index contributed by atoms with van der Waals surface area (Å²) in [6.45, 7) is 13.0. The molecule has 2 aliphatic rings. The van der Waals surface area contributed by atoms with E-state index in [-0.39, 0.29) is 0 Å². The van der Waals surface area contributed by atoms with Crippen molar-refractivity contribution in [2.45, 2.75) is 65.5 Å². The van der Waals surface area contributed by atoms with Crippen LogP contribution in [0.25, 0.3) is 0 Å². The summed E-state index contributed by atoms with van der Waals surface area (Å²) in [4.78, 5) is 7.13. The van der Waals surface area contributed by atoms with Crippen LogP contribution in [0.4, 0.5) is 0 Å². The molecule has 2 heterocycles. The fraction of sp³-hybridized carbons (Fsp3) is 1.00. The van der Waals surface area contributed by atoms with E-state index in [2.05, 4.69) is 55.3 Å². The number of hydrogen-bond acceptors (Lipinski definition) is 4. The van der Waals surface area contributed by atoms with Gasteiger partial charge in [0.05, 0.1) is 0 Å². The van der Waals surface area contributed by atoms with Crippen molar-refractivity contribution in [3.05, 3.63) is 0 Å². The minimum absolute atomic E-state index is 0.779. The molecule has 1 N–H and O–H groups in total. The largest absolute Gasteiger partial charge is 0.317 e. The summed E-state index contributed by atoms with van der Waals surface area (Å²) in [5, 5.41) is 3.30. The summed E-state index contributed by atoms with van der Waals surface area (Å²) in [6, 6.07) is 1.61. The summed E-state index contributed by atoms with van der Waals surface area (Å²) in [5.41, 5.74) is 0. The third-order valence-corrected chi connectivity index (χ3v) is 4.55. The van der Waals surface area contributed by atoms with Crippen molar-refractivity contribution in [2.24, 2.45) is 0 Å². The number of hydrogen-bond donors (Lipinski definition) is 1. The van der Waals surface area contributed by atoms with Gasteiger partial charge in [0.15, 0.2) is 0 Å². The maximum absolute atomic E-state index is 3.30. The number of likely N-dealkylation sites (tertiary alicyclic amines) is 2. The van der Waals surface area contributed by atoms with Crippen LogP contribution in [0, 0.1) is 0 Å². The highest BCUT2D eigenvalue weighted by Gasteiger charge is 2.17. The van der Waals surface area contributed by atoms with Gasteiger partial charge in [-0.05, 0) is 87.1 Å². The average Bonchev–Trinajstić information content (AvgIpc) is 2.60. The van der Waals surface area contributed by atoms with Crippen LogP contribution in [0.5, 0.6) is 0 Å². The fourth-order valence-electron chi connectivity index (χ4n) is 2.81. The van der Waals surface area contributed by atoms with Crippen LogP contribution in [-0.4, -0.2) is 88.2 Å². The van der Waals surface area contributed by atoms with E-state index in [0.29, 0.717) is 0 Å². The van der Waals surface area contributed by atoms with Gasteiger partial charge in [0.25, 0.3) is 0 Å². The Hall–Kier alpha value is -0.160. The van der Waals surface area contributed by atoms with Crippen LogP contribution < -0.4 is 5.32 Å². The number of piperidine rings is 2. The maximum atomic E-state index is 3.30. The first-order valence-electron chi connectivity index (χ1n) is 9.73. The normalized spacial score (nSPS) is 20.6. The molecule has 0 aromatic rings. The summed E-state index contributed by atoms with van der Waals surface area (Å²) < 4.78 is 0. The Morgan fingerprint density at radius 2 is 1.09 bits per heavy atom. The predicted molar refractivity (Wildman–Crippen MR) is 106 cm³/mol. The molecule has 0 atom stereocenters. The van der Waals surface area contributed by atoms with Gasteiger partial charge in [-0.25, -0.2) is 0 Å². The molecule has 2 rings (SSSR count). The van der Waals surface area contributed by atoms with Crippen molar-refractivity contribution in [1.82, 2.24) is 20.0 Å². The van der Waals surface area contributed by atoms with Crippen molar-refractivity contribution >= 4 is 0 Å². The van der Waals surface area contributed by atoms with Crippen molar-refractivity contribution < 1.29 is 0 Å². The van der Waals surface area contributed by atoms with E-state index in [0.717, 1.165) is 12.1 Å². The van der Waals surface area contributed by atoms with E-state index < -0.39 is 0 Å². The maximum Gasteiger partial charge on any atom is 0.0113 e. The first kappa shape index (κ1) is 25.1. The molecule has 4 nitrogen and oxygen atoms in total. The Labute approximate surface area is 147 Å². The van der Waals surface area contributed by atoms with Gasteiger partial charge in [-0.1, -0.05) is 27.7 Å². The van der Waals surface area contributed by atoms with E-state index in [1.807, 2.05) is 27.7 Å². The summed E-state index contributed by atoms with van der Waals surface area (Å²) in [7, 11) is 10.8. The highest BCUT2D eigenvalue weighted by atomic mass is 15.2. The lowest BCUT2D eigenvalue weighted by Gasteiger charge is -2.32. The van der Waals surface area contributed by atoms with Gasteiger partial charge in [-0.3, -0.25) is 0 Å². The van der Waals surface area contributed by atoms with Crippen LogP contribution in [0.15, 0.2) is 0 Å². The Morgan fingerprint density at radius 1 is 0.739 bits per heavy atom. The summed E-state index contributed by atoms with van der Waals surface area (Å²) in [5.74, 6) is 0. The fourth-order valence-corrected chi connectivity index (χ4v) is 2.81. The molecule has 23 heavy (non-hydrogen) atoms. The molecule has 0 radical (unpaired) electrons. The SMILES string of the molecule is CC.CC.CN1CCC(N(C)C)CC1.CNC1CCN(C)CC1. The lowest BCUT2D eigenvalue weighted by molar-refractivity contribution is 0.166. The van der Waals surface area contributed by atoms with Gasteiger partial charge in [0, 0.05) is 12.1 Å². The molecule has 0 aliphatic carbocycles. The molecule has 2 aliphatic heterocycles. The number of rotatable bonds is 2. The minimum atomic E-state index is 0.779. The van der Waals surface area contributed by atoms with Crippen LogP contribution in [0.1, 0.15) is 53.4 Å². The molecule has 0 spiro atoms. The van der Waals surface area contributed by atoms with E-state index in [1.54, 1.807) is 0 Å². The smallest absolute Gasteiger partial charge is 0.0113 e. The predicted octanol–water partition coefficient (Wildman–Crippen LogP) is 2.99. The molecule has 0 bridgehead atoms. The molecule has 0 aromatic carbocycles. The molecule has 2 fully saturated rings. The van der Waals surface area contributed by atoms with Crippen LogP contribution >= 0.6 is 0 Å². The zero-order valence-corrected chi connectivity index (χ0v) is 17.7. The molecule has 0 unspecified atom stereocenters. The number of nitrogens with zero attached hydrogens (tertiary/aromatic N) is 3. The third-order valence-electron chi connectivity index (χ3n) is 4.55. The molecular weight excluding hydrogens is 284 g/mol. The van der Waals surface area contributed by atoms with E-state index >= 15 is 0 Å². The Morgan fingerprint density at radius 3 is 1.39 bits per heavy atom. The second-order valence-electron chi connectivity index (χ2n) is 6.36. The van der Waals surface area contributed by atoms with Gasteiger partial charge < -0.3 is 20.0 Å². The molecule has 0 aromatic heterocycles. The van der Waals surface area contributed by atoms with Crippen molar-refractivity contribution in [2.75, 3.05) is 61.4 Å². The quantitative estimate of drug-likeness (QED) is 0.840. The lowest BCUT2D eigenvalue weighted by Crippen LogP contribution is -2.40. The topological polar surface area (TPSA) is 21.8 Å². The van der Waals surface area contributed by atoms with E-state index in [1.165, 1.54) is 51.9 Å². The monoisotopic (exact) mass is 330 g/mol. The molecule has 2 saturated heterocycles. The number of nitrogens with one attached hydrogen (secondary N) is 1. The van der Waals surface area contributed by atoms with E-state index in [9.17, 15) is 0 Å². The second kappa shape index (κ2) is 16.7. The van der Waals surface area contributed by atoms with Gasteiger partial charge >= 0.3 is 0 Å². The van der Waals surface area contributed by atoms with Gasteiger partial charge in [-0.2, -0.15) is 0 Å². The van der Waals surface area contributed by atoms with Crippen molar-refractivity contribution in [1.29, 1.82) is 0 Å². The standard InChI is InChI=1S/C8H18N2.C7H16N2.2C2H6/c1-9(2)8-4-6-10(3)7-5-8;1-8-7-3-5-9(2)6-4-7;2*1-2/h8H,4-7H2,1-3H3;7-8H,3-6H2,1-2H3;2*1-2H3. The van der Waals surface area contributed by atoms with Crippen LogP contribution in [0.2, 0.25) is 0 Å². The van der Waals surface area contributed by atoms with Crippen LogP contribution in [0.3, 0.4) is 0 Å². The zero-order valence-electron chi connectivity index (χ0n) is 17.7. The van der Waals surface area contributed by atoms with Crippen molar-refractivity contribution in [3.8, 4) is 0 Å². The van der Waals surface area contributed by atoms with E-state index in [4.69, 9.17) is 0 Å². The van der Waals surface area contributed by atoms with Gasteiger partial charge in [0.1, 0.15) is 0 Å². The second-order valence-corrected chi connectivity index (χ2v) is 6.36. The minimum Gasteiger partial charge on any atom is -0.317 e. The molecule has 0 amide bonds. The molecule has 4 heteroatoms. The molecule has 142 valence electrons.